The second kappa shape index (κ2) is 8.68. The number of ether oxygens (including phenoxy) is 1. The third-order valence-electron chi connectivity index (χ3n) is 3.55. The standard InChI is InChI=1S/C18H18INO4/c1-24-16-8-2-12(3-9-16)10-13(18(22)23)11-17(21)20-15-6-4-14(19)5-7-15/h2-9,13H,10-11H2,1H3,(H,20,21)(H,22,23). The molecule has 2 aromatic rings. The van der Waals surface area contributed by atoms with Crippen molar-refractivity contribution < 1.29 is 19.4 Å². The molecule has 0 radical (unpaired) electrons. The molecule has 126 valence electrons. The largest absolute Gasteiger partial charge is 0.497 e. The minimum Gasteiger partial charge on any atom is -0.497 e. The highest BCUT2D eigenvalue weighted by Crippen LogP contribution is 2.18. The molecule has 0 saturated carbocycles. The quantitative estimate of drug-likeness (QED) is 0.647. The lowest BCUT2D eigenvalue weighted by Crippen LogP contribution is -2.24. The Labute approximate surface area is 154 Å². The van der Waals surface area contributed by atoms with Gasteiger partial charge in [-0.15, -0.1) is 0 Å². The molecule has 5 nitrogen and oxygen atoms in total. The molecule has 0 aliphatic rings. The molecule has 1 atom stereocenters. The van der Waals surface area contributed by atoms with Crippen molar-refractivity contribution in [1.29, 1.82) is 0 Å². The zero-order chi connectivity index (χ0) is 17.5. The van der Waals surface area contributed by atoms with Gasteiger partial charge in [0, 0.05) is 15.7 Å². The number of benzene rings is 2. The fourth-order valence-electron chi connectivity index (χ4n) is 2.26. The van der Waals surface area contributed by atoms with E-state index in [-0.39, 0.29) is 12.3 Å². The molecular weight excluding hydrogens is 421 g/mol. The van der Waals surface area contributed by atoms with Crippen molar-refractivity contribution in [2.45, 2.75) is 12.8 Å². The van der Waals surface area contributed by atoms with Crippen LogP contribution in [-0.4, -0.2) is 24.1 Å². The third-order valence-corrected chi connectivity index (χ3v) is 4.27. The zero-order valence-corrected chi connectivity index (χ0v) is 15.3. The summed E-state index contributed by atoms with van der Waals surface area (Å²) in [5, 5.41) is 12.1. The average molecular weight is 439 g/mol. The first-order valence-electron chi connectivity index (χ1n) is 7.39. The molecule has 0 fully saturated rings. The van der Waals surface area contributed by atoms with E-state index in [1.54, 1.807) is 31.4 Å². The number of carboxylic acid groups (broad SMARTS) is 1. The van der Waals surface area contributed by atoms with Crippen LogP contribution in [0.3, 0.4) is 0 Å². The molecule has 6 heteroatoms. The van der Waals surface area contributed by atoms with E-state index in [9.17, 15) is 14.7 Å². The van der Waals surface area contributed by atoms with Gasteiger partial charge in [-0.25, -0.2) is 0 Å². The topological polar surface area (TPSA) is 75.6 Å². The monoisotopic (exact) mass is 439 g/mol. The summed E-state index contributed by atoms with van der Waals surface area (Å²) < 4.78 is 6.14. The number of anilines is 1. The minimum atomic E-state index is -0.983. The predicted octanol–water partition coefficient (Wildman–Crippen LogP) is 3.57. The number of rotatable bonds is 7. The van der Waals surface area contributed by atoms with Crippen LogP contribution < -0.4 is 10.1 Å². The van der Waals surface area contributed by atoms with Gasteiger partial charge in [0.1, 0.15) is 5.75 Å². The summed E-state index contributed by atoms with van der Waals surface area (Å²) in [5.41, 5.74) is 1.51. The first-order valence-corrected chi connectivity index (χ1v) is 8.47. The molecule has 0 heterocycles. The lowest BCUT2D eigenvalue weighted by atomic mass is 9.96. The van der Waals surface area contributed by atoms with Crippen molar-refractivity contribution in [3.63, 3.8) is 0 Å². The Balaban J connectivity index is 1.97. The number of halogens is 1. The maximum Gasteiger partial charge on any atom is 0.307 e. The second-order valence-corrected chi connectivity index (χ2v) is 6.59. The van der Waals surface area contributed by atoms with E-state index in [4.69, 9.17) is 4.74 Å². The Morgan fingerprint density at radius 1 is 1.12 bits per heavy atom. The van der Waals surface area contributed by atoms with Crippen molar-refractivity contribution >= 4 is 40.2 Å². The van der Waals surface area contributed by atoms with E-state index in [0.717, 1.165) is 9.13 Å². The maximum absolute atomic E-state index is 12.1. The molecule has 1 amide bonds. The summed E-state index contributed by atoms with van der Waals surface area (Å²) in [4.78, 5) is 23.6. The average Bonchev–Trinajstić information content (AvgIpc) is 2.57. The van der Waals surface area contributed by atoms with Gasteiger partial charge in [-0.1, -0.05) is 12.1 Å². The van der Waals surface area contributed by atoms with Crippen LogP contribution in [0.25, 0.3) is 0 Å². The van der Waals surface area contributed by atoms with Crippen LogP contribution >= 0.6 is 22.6 Å². The van der Waals surface area contributed by atoms with Crippen LogP contribution in [0.5, 0.6) is 5.75 Å². The van der Waals surface area contributed by atoms with Crippen molar-refractivity contribution in [2.24, 2.45) is 5.92 Å². The predicted molar refractivity (Wildman–Crippen MR) is 100 cm³/mol. The van der Waals surface area contributed by atoms with Gasteiger partial charge in [-0.05, 0) is 71.0 Å². The summed E-state index contributed by atoms with van der Waals surface area (Å²) in [6.45, 7) is 0. The molecule has 2 N–H and O–H groups in total. The molecule has 0 saturated heterocycles. The van der Waals surface area contributed by atoms with Gasteiger partial charge in [-0.2, -0.15) is 0 Å². The van der Waals surface area contributed by atoms with Gasteiger partial charge in [-0.3, -0.25) is 9.59 Å². The second-order valence-electron chi connectivity index (χ2n) is 5.35. The minimum absolute atomic E-state index is 0.0760. The molecule has 1 unspecified atom stereocenters. The number of aliphatic carboxylic acids is 1. The van der Waals surface area contributed by atoms with E-state index in [1.165, 1.54) is 0 Å². The van der Waals surface area contributed by atoms with Crippen LogP contribution in [0.2, 0.25) is 0 Å². The number of nitrogens with one attached hydrogen (secondary N) is 1. The molecular formula is C18H18INO4. The lowest BCUT2D eigenvalue weighted by molar-refractivity contribution is -0.143. The Morgan fingerprint density at radius 3 is 2.29 bits per heavy atom. The smallest absolute Gasteiger partial charge is 0.307 e. The molecule has 0 aliphatic heterocycles. The van der Waals surface area contributed by atoms with Crippen LogP contribution in [0.4, 0.5) is 5.69 Å². The fraction of sp³-hybridized carbons (Fsp3) is 0.222. The number of hydrogen-bond acceptors (Lipinski definition) is 3. The van der Waals surface area contributed by atoms with Crippen molar-refractivity contribution in [1.82, 2.24) is 0 Å². The number of hydrogen-bond donors (Lipinski definition) is 2. The summed E-state index contributed by atoms with van der Waals surface area (Å²) >= 11 is 2.18. The molecule has 0 aromatic heterocycles. The molecule has 2 rings (SSSR count). The molecule has 0 bridgehead atoms. The van der Waals surface area contributed by atoms with E-state index >= 15 is 0 Å². The summed E-state index contributed by atoms with van der Waals surface area (Å²) in [6, 6.07) is 14.5. The van der Waals surface area contributed by atoms with Crippen molar-refractivity contribution in [3.8, 4) is 5.75 Å². The number of carbonyl (C=O) groups is 2. The van der Waals surface area contributed by atoms with Crippen LogP contribution in [0.1, 0.15) is 12.0 Å². The van der Waals surface area contributed by atoms with Crippen LogP contribution in [0.15, 0.2) is 48.5 Å². The SMILES string of the molecule is COc1ccc(CC(CC(=O)Nc2ccc(I)cc2)C(=O)O)cc1. The van der Waals surface area contributed by atoms with E-state index in [2.05, 4.69) is 27.9 Å². The summed E-state index contributed by atoms with van der Waals surface area (Å²) in [6.07, 6.45) is 0.215. The van der Waals surface area contributed by atoms with Gasteiger partial charge in [0.2, 0.25) is 5.91 Å². The fourth-order valence-corrected chi connectivity index (χ4v) is 2.62. The van der Waals surface area contributed by atoms with Crippen LogP contribution in [-0.2, 0) is 16.0 Å². The molecule has 2 aromatic carbocycles. The van der Waals surface area contributed by atoms with Crippen molar-refractivity contribution in [3.05, 3.63) is 57.7 Å². The Kier molecular flexibility index (Phi) is 6.60. The van der Waals surface area contributed by atoms with Gasteiger partial charge < -0.3 is 15.2 Å². The number of amides is 1. The van der Waals surface area contributed by atoms with E-state index < -0.39 is 11.9 Å². The number of methoxy groups -OCH3 is 1. The highest BCUT2D eigenvalue weighted by molar-refractivity contribution is 14.1. The Morgan fingerprint density at radius 2 is 1.75 bits per heavy atom. The van der Waals surface area contributed by atoms with Gasteiger partial charge in [0.15, 0.2) is 0 Å². The van der Waals surface area contributed by atoms with Gasteiger partial charge in [0.05, 0.1) is 13.0 Å². The highest BCUT2D eigenvalue weighted by Gasteiger charge is 2.22. The zero-order valence-electron chi connectivity index (χ0n) is 13.2. The third kappa shape index (κ3) is 5.52. The van der Waals surface area contributed by atoms with E-state index in [0.29, 0.717) is 17.9 Å². The number of carboxylic acids is 1. The summed E-state index contributed by atoms with van der Waals surface area (Å²) in [5.74, 6) is -1.36. The number of carbonyl (C=O) groups excluding carboxylic acids is 1. The lowest BCUT2D eigenvalue weighted by Gasteiger charge is -2.13. The maximum atomic E-state index is 12.1. The first-order chi connectivity index (χ1) is 11.5. The highest BCUT2D eigenvalue weighted by atomic mass is 127. The van der Waals surface area contributed by atoms with E-state index in [1.807, 2.05) is 24.3 Å². The summed E-state index contributed by atoms with van der Waals surface area (Å²) in [7, 11) is 1.57. The molecule has 24 heavy (non-hydrogen) atoms. The van der Waals surface area contributed by atoms with Gasteiger partial charge in [0.25, 0.3) is 0 Å². The Bertz CT molecular complexity index is 698. The van der Waals surface area contributed by atoms with Gasteiger partial charge >= 0.3 is 5.97 Å². The Hall–Kier alpha value is -2.09. The molecule has 0 aliphatic carbocycles. The molecule has 0 spiro atoms. The first kappa shape index (κ1) is 18.3. The van der Waals surface area contributed by atoms with Crippen molar-refractivity contribution in [2.75, 3.05) is 12.4 Å². The normalized spacial score (nSPS) is 11.6. The van der Waals surface area contributed by atoms with Crippen LogP contribution in [0, 0.1) is 9.49 Å².